The van der Waals surface area contributed by atoms with Crippen LogP contribution in [0.1, 0.15) is 11.4 Å². The van der Waals surface area contributed by atoms with Crippen molar-refractivity contribution in [1.29, 1.82) is 0 Å². The summed E-state index contributed by atoms with van der Waals surface area (Å²) in [5.74, 6) is 1.65. The number of benzene rings is 2. The largest absolute Gasteiger partial charge is 0.493 e. The first-order valence-electron chi connectivity index (χ1n) is 8.21. The summed E-state index contributed by atoms with van der Waals surface area (Å²) < 4.78 is 10.5. The number of aromatic nitrogens is 2. The number of ether oxygens (including phenoxy) is 2. The molecule has 0 aliphatic heterocycles. The van der Waals surface area contributed by atoms with Gasteiger partial charge in [0.1, 0.15) is 13.1 Å². The van der Waals surface area contributed by atoms with Crippen LogP contribution in [0.25, 0.3) is 10.9 Å². The second-order valence-corrected chi connectivity index (χ2v) is 6.55. The fourth-order valence-corrected chi connectivity index (χ4v) is 3.12. The number of halogens is 1. The van der Waals surface area contributed by atoms with Gasteiger partial charge in [0, 0.05) is 16.7 Å². The third-order valence-electron chi connectivity index (χ3n) is 4.18. The zero-order chi connectivity index (χ0) is 18.7. The standard InChI is InChI=1S/C19H20ClN3O3/c1-23(10-12-6-4-5-7-14(12)20)11-18-21-15-9-17(26-3)16(25-2)8-13(15)19(24)22-18/h4-9H,10-11H2,1-3H3,(H,21,22,24)/p+1. The molecule has 1 heterocycles. The van der Waals surface area contributed by atoms with Gasteiger partial charge in [0.25, 0.3) is 5.56 Å². The molecule has 3 rings (SSSR count). The normalized spacial score (nSPS) is 12.2. The van der Waals surface area contributed by atoms with Gasteiger partial charge in [-0.3, -0.25) is 4.79 Å². The summed E-state index contributed by atoms with van der Waals surface area (Å²) in [6.07, 6.45) is 0. The number of aromatic amines is 1. The molecular formula is C19H21ClN3O3+. The average molecular weight is 375 g/mol. The second-order valence-electron chi connectivity index (χ2n) is 6.14. The molecule has 2 aromatic carbocycles. The summed E-state index contributed by atoms with van der Waals surface area (Å²) in [5, 5.41) is 1.21. The molecule has 2 N–H and O–H groups in total. The Bertz CT molecular complexity index is 987. The Labute approximate surface area is 156 Å². The maximum atomic E-state index is 12.4. The van der Waals surface area contributed by atoms with Crippen LogP contribution in [0.4, 0.5) is 0 Å². The molecule has 136 valence electrons. The van der Waals surface area contributed by atoms with Crippen molar-refractivity contribution >= 4 is 22.5 Å². The van der Waals surface area contributed by atoms with Crippen LogP contribution in [0, 0.1) is 0 Å². The van der Waals surface area contributed by atoms with Gasteiger partial charge in [-0.25, -0.2) is 4.98 Å². The summed E-state index contributed by atoms with van der Waals surface area (Å²) in [4.78, 5) is 21.0. The molecule has 0 aliphatic carbocycles. The minimum atomic E-state index is -0.198. The SMILES string of the molecule is COc1cc2nc(C[NH+](C)Cc3ccccc3Cl)[nH]c(=O)c2cc1OC. The van der Waals surface area contributed by atoms with E-state index in [4.69, 9.17) is 21.1 Å². The Kier molecular flexibility index (Phi) is 5.44. The quantitative estimate of drug-likeness (QED) is 0.690. The highest BCUT2D eigenvalue weighted by Gasteiger charge is 2.14. The summed E-state index contributed by atoms with van der Waals surface area (Å²) in [6, 6.07) is 11.1. The minimum absolute atomic E-state index is 0.198. The van der Waals surface area contributed by atoms with E-state index in [2.05, 4.69) is 9.97 Å². The van der Waals surface area contributed by atoms with Gasteiger partial charge in [-0.2, -0.15) is 0 Å². The van der Waals surface area contributed by atoms with Crippen LogP contribution >= 0.6 is 11.6 Å². The van der Waals surface area contributed by atoms with E-state index >= 15 is 0 Å². The van der Waals surface area contributed by atoms with Crippen LogP contribution in [0.15, 0.2) is 41.2 Å². The van der Waals surface area contributed by atoms with Crippen LogP contribution in [0.2, 0.25) is 5.02 Å². The van der Waals surface area contributed by atoms with E-state index in [1.54, 1.807) is 19.2 Å². The Morgan fingerprint density at radius 1 is 1.12 bits per heavy atom. The van der Waals surface area contributed by atoms with Crippen molar-refractivity contribution in [3.8, 4) is 11.5 Å². The van der Waals surface area contributed by atoms with E-state index < -0.39 is 0 Å². The molecule has 0 saturated carbocycles. The van der Waals surface area contributed by atoms with Crippen LogP contribution < -0.4 is 19.9 Å². The van der Waals surface area contributed by atoms with Crippen molar-refractivity contribution in [3.63, 3.8) is 0 Å². The minimum Gasteiger partial charge on any atom is -0.493 e. The lowest BCUT2D eigenvalue weighted by Crippen LogP contribution is -3.06. The molecule has 0 fully saturated rings. The first kappa shape index (κ1) is 18.2. The monoisotopic (exact) mass is 374 g/mol. The lowest BCUT2D eigenvalue weighted by Gasteiger charge is -2.15. The zero-order valence-electron chi connectivity index (χ0n) is 14.9. The maximum Gasteiger partial charge on any atom is 0.259 e. The van der Waals surface area contributed by atoms with Gasteiger partial charge in [-0.05, 0) is 12.1 Å². The molecular weight excluding hydrogens is 354 g/mol. The summed E-state index contributed by atoms with van der Waals surface area (Å²) in [6.45, 7) is 1.29. The topological polar surface area (TPSA) is 68.7 Å². The maximum absolute atomic E-state index is 12.4. The fraction of sp³-hybridized carbons (Fsp3) is 0.263. The molecule has 0 bridgehead atoms. The van der Waals surface area contributed by atoms with Crippen molar-refractivity contribution < 1.29 is 14.4 Å². The Balaban J connectivity index is 1.88. The Hall–Kier alpha value is -2.57. The van der Waals surface area contributed by atoms with Crippen LogP contribution in [-0.4, -0.2) is 31.2 Å². The molecule has 0 radical (unpaired) electrons. The van der Waals surface area contributed by atoms with E-state index in [0.29, 0.717) is 34.8 Å². The number of fused-ring (bicyclic) bond motifs is 1. The molecule has 0 amide bonds. The molecule has 0 aliphatic rings. The zero-order valence-corrected chi connectivity index (χ0v) is 15.7. The molecule has 1 unspecified atom stereocenters. The first-order valence-corrected chi connectivity index (χ1v) is 8.59. The summed E-state index contributed by atoms with van der Waals surface area (Å²) in [7, 11) is 5.12. The molecule has 0 saturated heterocycles. The van der Waals surface area contributed by atoms with E-state index in [-0.39, 0.29) is 5.56 Å². The van der Waals surface area contributed by atoms with E-state index in [1.165, 1.54) is 7.11 Å². The van der Waals surface area contributed by atoms with Gasteiger partial charge < -0.3 is 19.4 Å². The molecule has 0 spiro atoms. The highest BCUT2D eigenvalue weighted by molar-refractivity contribution is 6.31. The van der Waals surface area contributed by atoms with Crippen molar-refractivity contribution in [2.75, 3.05) is 21.3 Å². The van der Waals surface area contributed by atoms with Crippen molar-refractivity contribution in [2.45, 2.75) is 13.1 Å². The molecule has 7 heteroatoms. The fourth-order valence-electron chi connectivity index (χ4n) is 2.91. The van der Waals surface area contributed by atoms with Crippen molar-refractivity contribution in [2.24, 2.45) is 0 Å². The number of nitrogens with zero attached hydrogens (tertiary/aromatic N) is 1. The second kappa shape index (κ2) is 7.76. The van der Waals surface area contributed by atoms with Gasteiger partial charge in [-0.1, -0.05) is 29.8 Å². The predicted molar refractivity (Wildman–Crippen MR) is 101 cm³/mol. The van der Waals surface area contributed by atoms with Gasteiger partial charge in [0.2, 0.25) is 0 Å². The Morgan fingerprint density at radius 2 is 1.81 bits per heavy atom. The summed E-state index contributed by atoms with van der Waals surface area (Å²) >= 11 is 6.22. The summed E-state index contributed by atoms with van der Waals surface area (Å²) in [5.41, 5.74) is 1.43. The third kappa shape index (κ3) is 3.81. The smallest absolute Gasteiger partial charge is 0.259 e. The highest BCUT2D eigenvalue weighted by atomic mass is 35.5. The van der Waals surface area contributed by atoms with Crippen molar-refractivity contribution in [1.82, 2.24) is 9.97 Å². The number of rotatable bonds is 6. The number of hydrogen-bond donors (Lipinski definition) is 2. The highest BCUT2D eigenvalue weighted by Crippen LogP contribution is 2.29. The number of nitrogens with one attached hydrogen (secondary N) is 2. The lowest BCUT2D eigenvalue weighted by atomic mass is 10.2. The average Bonchev–Trinajstić information content (AvgIpc) is 2.62. The van der Waals surface area contributed by atoms with E-state index in [9.17, 15) is 4.79 Å². The van der Waals surface area contributed by atoms with E-state index in [0.717, 1.165) is 22.0 Å². The van der Waals surface area contributed by atoms with Gasteiger partial charge in [0.05, 0.1) is 32.2 Å². The van der Waals surface area contributed by atoms with Gasteiger partial charge >= 0.3 is 0 Å². The van der Waals surface area contributed by atoms with Crippen LogP contribution in [-0.2, 0) is 13.1 Å². The molecule has 26 heavy (non-hydrogen) atoms. The predicted octanol–water partition coefficient (Wildman–Crippen LogP) is 1.81. The van der Waals surface area contributed by atoms with Crippen molar-refractivity contribution in [3.05, 3.63) is 63.2 Å². The van der Waals surface area contributed by atoms with Gasteiger partial charge in [-0.15, -0.1) is 0 Å². The Morgan fingerprint density at radius 3 is 2.50 bits per heavy atom. The number of quaternary nitrogens is 1. The van der Waals surface area contributed by atoms with Crippen LogP contribution in [0.5, 0.6) is 11.5 Å². The number of hydrogen-bond acceptors (Lipinski definition) is 4. The molecule has 3 aromatic rings. The number of H-pyrrole nitrogens is 1. The van der Waals surface area contributed by atoms with E-state index in [1.807, 2.05) is 31.3 Å². The first-order chi connectivity index (χ1) is 12.5. The molecule has 6 nitrogen and oxygen atoms in total. The van der Waals surface area contributed by atoms with Gasteiger partial charge in [0.15, 0.2) is 17.3 Å². The molecule has 1 aromatic heterocycles. The number of methoxy groups -OCH3 is 2. The molecule has 1 atom stereocenters. The van der Waals surface area contributed by atoms with Crippen LogP contribution in [0.3, 0.4) is 0 Å². The lowest BCUT2D eigenvalue weighted by molar-refractivity contribution is -0.908. The third-order valence-corrected chi connectivity index (χ3v) is 4.55.